The number of hydrogen-bond acceptors (Lipinski definition) is 3. The molecule has 1 heterocycles. The van der Waals surface area contributed by atoms with Gasteiger partial charge in [-0.1, -0.05) is 0 Å². The molecule has 0 saturated heterocycles. The molecule has 0 fully saturated rings. The highest BCUT2D eigenvalue weighted by Gasteiger charge is 2.32. The second-order valence-electron chi connectivity index (χ2n) is 3.11. The Kier molecular flexibility index (Phi) is 3.52. The van der Waals surface area contributed by atoms with Crippen molar-refractivity contribution in [2.45, 2.75) is 6.18 Å². The van der Waals surface area contributed by atoms with Gasteiger partial charge in [-0.25, -0.2) is 0 Å². The van der Waals surface area contributed by atoms with Gasteiger partial charge >= 0.3 is 6.18 Å². The molecule has 0 spiro atoms. The first-order valence-corrected chi connectivity index (χ1v) is 4.39. The number of hydrogen-bond donors (Lipinski definition) is 1. The number of aromatic nitrogens is 1. The average Bonchev–Trinajstić information content (AvgIpc) is 2.17. The zero-order valence-corrected chi connectivity index (χ0v) is 8.25. The molecule has 15 heavy (non-hydrogen) atoms. The van der Waals surface area contributed by atoms with E-state index in [0.717, 1.165) is 12.3 Å². The quantitative estimate of drug-likeness (QED) is 0.837. The Morgan fingerprint density at radius 3 is 2.67 bits per heavy atom. The number of nitrogens with two attached hydrogens (primary N) is 1. The van der Waals surface area contributed by atoms with Gasteiger partial charge in [-0.15, -0.1) is 0 Å². The highest BCUT2D eigenvalue weighted by molar-refractivity contribution is 5.46. The van der Waals surface area contributed by atoms with Gasteiger partial charge < -0.3 is 10.6 Å². The van der Waals surface area contributed by atoms with Gasteiger partial charge in [-0.2, -0.15) is 13.2 Å². The van der Waals surface area contributed by atoms with Gasteiger partial charge in [0.05, 0.1) is 0 Å². The summed E-state index contributed by atoms with van der Waals surface area (Å²) in [6.07, 6.45) is -3.26. The van der Waals surface area contributed by atoms with E-state index in [4.69, 9.17) is 5.73 Å². The summed E-state index contributed by atoms with van der Waals surface area (Å²) in [6.45, 7) is 0.890. The van der Waals surface area contributed by atoms with E-state index < -0.39 is 11.9 Å². The van der Waals surface area contributed by atoms with Crippen LogP contribution in [0, 0.1) is 0 Å². The normalized spacial score (nSPS) is 11.5. The Morgan fingerprint density at radius 1 is 1.47 bits per heavy atom. The predicted molar refractivity (Wildman–Crippen MR) is 51.6 cm³/mol. The lowest BCUT2D eigenvalue weighted by molar-refractivity contribution is -0.141. The van der Waals surface area contributed by atoms with Crippen LogP contribution in [0.5, 0.6) is 0 Å². The summed E-state index contributed by atoms with van der Waals surface area (Å²) in [6, 6.07) is 2.53. The number of rotatable bonds is 3. The number of alkyl halides is 3. The fraction of sp³-hybridized carbons (Fsp3) is 0.444. The van der Waals surface area contributed by atoms with E-state index in [9.17, 15) is 13.2 Å². The SMILES string of the molecule is CN(CCN)c1ccnc(C(F)(F)F)c1. The Hall–Kier alpha value is -1.30. The van der Waals surface area contributed by atoms with E-state index >= 15 is 0 Å². The Balaban J connectivity index is 2.92. The fourth-order valence-electron chi connectivity index (χ4n) is 1.13. The van der Waals surface area contributed by atoms with Gasteiger partial charge in [-0.05, 0) is 12.1 Å². The molecule has 0 unspecified atom stereocenters. The molecule has 0 atom stereocenters. The molecular weight excluding hydrogens is 207 g/mol. The highest BCUT2D eigenvalue weighted by Crippen LogP contribution is 2.29. The van der Waals surface area contributed by atoms with Crippen molar-refractivity contribution in [1.29, 1.82) is 0 Å². The van der Waals surface area contributed by atoms with Crippen molar-refractivity contribution in [1.82, 2.24) is 4.98 Å². The van der Waals surface area contributed by atoms with Crippen LogP contribution < -0.4 is 10.6 Å². The van der Waals surface area contributed by atoms with E-state index in [0.29, 0.717) is 18.8 Å². The zero-order chi connectivity index (χ0) is 11.5. The summed E-state index contributed by atoms with van der Waals surface area (Å²) in [5, 5.41) is 0. The molecule has 6 heteroatoms. The molecule has 1 rings (SSSR count). The van der Waals surface area contributed by atoms with Crippen LogP contribution in [-0.4, -0.2) is 25.1 Å². The van der Waals surface area contributed by atoms with Gasteiger partial charge in [0.1, 0.15) is 5.69 Å². The van der Waals surface area contributed by atoms with Crippen LogP contribution in [0.4, 0.5) is 18.9 Å². The topological polar surface area (TPSA) is 42.1 Å². The third kappa shape index (κ3) is 3.09. The van der Waals surface area contributed by atoms with Crippen molar-refractivity contribution in [3.05, 3.63) is 24.0 Å². The van der Waals surface area contributed by atoms with Crippen molar-refractivity contribution in [2.24, 2.45) is 5.73 Å². The lowest BCUT2D eigenvalue weighted by atomic mass is 10.3. The number of anilines is 1. The Bertz CT molecular complexity index is 325. The summed E-state index contributed by atoms with van der Waals surface area (Å²) >= 11 is 0. The molecule has 0 radical (unpaired) electrons. The van der Waals surface area contributed by atoms with E-state index in [-0.39, 0.29) is 0 Å². The van der Waals surface area contributed by atoms with E-state index in [2.05, 4.69) is 4.98 Å². The largest absolute Gasteiger partial charge is 0.433 e. The van der Waals surface area contributed by atoms with Crippen LogP contribution in [-0.2, 0) is 6.18 Å². The van der Waals surface area contributed by atoms with E-state index in [1.54, 1.807) is 11.9 Å². The molecule has 0 aliphatic rings. The van der Waals surface area contributed by atoms with Crippen molar-refractivity contribution in [3.8, 4) is 0 Å². The van der Waals surface area contributed by atoms with Crippen molar-refractivity contribution in [3.63, 3.8) is 0 Å². The third-order valence-electron chi connectivity index (χ3n) is 1.94. The van der Waals surface area contributed by atoms with Crippen molar-refractivity contribution in [2.75, 3.05) is 25.0 Å². The summed E-state index contributed by atoms with van der Waals surface area (Å²) < 4.78 is 36.9. The Morgan fingerprint density at radius 2 is 2.13 bits per heavy atom. The molecule has 0 amide bonds. The van der Waals surface area contributed by atoms with Crippen LogP contribution in [0.25, 0.3) is 0 Å². The summed E-state index contributed by atoms with van der Waals surface area (Å²) in [4.78, 5) is 4.92. The summed E-state index contributed by atoms with van der Waals surface area (Å²) in [7, 11) is 1.68. The van der Waals surface area contributed by atoms with Gasteiger partial charge in [0.25, 0.3) is 0 Å². The van der Waals surface area contributed by atoms with Crippen LogP contribution in [0.2, 0.25) is 0 Å². The first-order valence-electron chi connectivity index (χ1n) is 4.39. The smallest absolute Gasteiger partial charge is 0.373 e. The first-order chi connectivity index (χ1) is 6.95. The monoisotopic (exact) mass is 219 g/mol. The van der Waals surface area contributed by atoms with Crippen LogP contribution in [0.3, 0.4) is 0 Å². The average molecular weight is 219 g/mol. The standard InChI is InChI=1S/C9H12F3N3/c1-15(5-3-13)7-2-4-14-8(6-7)9(10,11)12/h2,4,6H,3,5,13H2,1H3. The fourth-order valence-corrected chi connectivity index (χ4v) is 1.13. The van der Waals surface area contributed by atoms with Crippen LogP contribution in [0.1, 0.15) is 5.69 Å². The lowest BCUT2D eigenvalue weighted by Gasteiger charge is -2.18. The maximum absolute atomic E-state index is 12.3. The maximum Gasteiger partial charge on any atom is 0.433 e. The number of halogens is 3. The number of pyridine rings is 1. The second-order valence-corrected chi connectivity index (χ2v) is 3.11. The second kappa shape index (κ2) is 4.48. The highest BCUT2D eigenvalue weighted by atomic mass is 19.4. The molecule has 0 saturated carbocycles. The van der Waals surface area contributed by atoms with Crippen molar-refractivity contribution < 1.29 is 13.2 Å². The number of likely N-dealkylation sites (N-methyl/N-ethyl adjacent to an activating group) is 1. The van der Waals surface area contributed by atoms with E-state index in [1.165, 1.54) is 6.07 Å². The minimum Gasteiger partial charge on any atom is -0.373 e. The molecule has 2 N–H and O–H groups in total. The van der Waals surface area contributed by atoms with Gasteiger partial charge in [-0.3, -0.25) is 4.98 Å². The minimum atomic E-state index is -4.40. The molecular formula is C9H12F3N3. The van der Waals surface area contributed by atoms with Crippen molar-refractivity contribution >= 4 is 5.69 Å². The first kappa shape index (κ1) is 11.8. The van der Waals surface area contributed by atoms with E-state index in [1.807, 2.05) is 0 Å². The molecule has 0 aromatic carbocycles. The molecule has 0 bridgehead atoms. The lowest BCUT2D eigenvalue weighted by Crippen LogP contribution is -2.25. The molecule has 0 aliphatic carbocycles. The zero-order valence-electron chi connectivity index (χ0n) is 8.25. The molecule has 3 nitrogen and oxygen atoms in total. The molecule has 0 aliphatic heterocycles. The van der Waals surface area contributed by atoms with Gasteiger partial charge in [0.15, 0.2) is 0 Å². The Labute approximate surface area is 85.7 Å². The van der Waals surface area contributed by atoms with Gasteiger partial charge in [0, 0.05) is 32.0 Å². The third-order valence-corrected chi connectivity index (χ3v) is 1.94. The molecule has 84 valence electrons. The summed E-state index contributed by atoms with van der Waals surface area (Å²) in [5.41, 5.74) is 4.89. The maximum atomic E-state index is 12.3. The van der Waals surface area contributed by atoms with Gasteiger partial charge in [0.2, 0.25) is 0 Å². The summed E-state index contributed by atoms with van der Waals surface area (Å²) in [5.74, 6) is 0. The van der Waals surface area contributed by atoms with Crippen LogP contribution in [0.15, 0.2) is 18.3 Å². The van der Waals surface area contributed by atoms with Crippen LogP contribution >= 0.6 is 0 Å². The predicted octanol–water partition coefficient (Wildman–Crippen LogP) is 1.50. The molecule has 1 aromatic rings. The minimum absolute atomic E-state index is 0.389. The molecule has 1 aromatic heterocycles. The number of nitrogens with zero attached hydrogens (tertiary/aromatic N) is 2.